The molecule has 1 aliphatic rings. The van der Waals surface area contributed by atoms with Crippen molar-refractivity contribution in [2.75, 3.05) is 26.2 Å². The molecule has 0 bridgehead atoms. The maximum atomic E-state index is 5.63. The third kappa shape index (κ3) is 3.09. The number of hydrogen-bond donors (Lipinski definition) is 2. The minimum Gasteiger partial charge on any atom is -0.374 e. The topological polar surface area (TPSA) is 47.3 Å². The lowest BCUT2D eigenvalue weighted by Gasteiger charge is -2.23. The summed E-state index contributed by atoms with van der Waals surface area (Å²) in [5.41, 5.74) is 5.48. The van der Waals surface area contributed by atoms with Crippen molar-refractivity contribution >= 4 is 0 Å². The standard InChI is InChI=1S/C9H20N2O/c1-9(4-2-7-12-9)8-11-6-3-5-10/h11H,2-8,10H2,1H3. The molecule has 1 aliphatic heterocycles. The van der Waals surface area contributed by atoms with Crippen LogP contribution in [-0.2, 0) is 4.74 Å². The molecule has 1 fully saturated rings. The highest BCUT2D eigenvalue weighted by atomic mass is 16.5. The first-order chi connectivity index (χ1) is 5.77. The van der Waals surface area contributed by atoms with Crippen molar-refractivity contribution in [3.8, 4) is 0 Å². The van der Waals surface area contributed by atoms with Crippen LogP contribution in [0.2, 0.25) is 0 Å². The van der Waals surface area contributed by atoms with E-state index in [1.165, 1.54) is 12.8 Å². The Balaban J connectivity index is 2.05. The van der Waals surface area contributed by atoms with Crippen LogP contribution in [-0.4, -0.2) is 31.8 Å². The van der Waals surface area contributed by atoms with E-state index < -0.39 is 0 Å². The molecule has 1 unspecified atom stereocenters. The molecule has 0 radical (unpaired) electrons. The summed E-state index contributed by atoms with van der Waals surface area (Å²) in [5, 5.41) is 3.36. The number of nitrogens with two attached hydrogens (primary N) is 1. The molecule has 72 valence electrons. The molecule has 0 saturated carbocycles. The predicted octanol–water partition coefficient (Wildman–Crippen LogP) is 0.494. The summed E-state index contributed by atoms with van der Waals surface area (Å²) in [4.78, 5) is 0. The van der Waals surface area contributed by atoms with Gasteiger partial charge in [-0.05, 0) is 39.3 Å². The quantitative estimate of drug-likeness (QED) is 0.593. The second-order valence-electron chi connectivity index (χ2n) is 3.72. The molecule has 1 saturated heterocycles. The zero-order valence-corrected chi connectivity index (χ0v) is 7.94. The minimum atomic E-state index is 0.0919. The second-order valence-corrected chi connectivity index (χ2v) is 3.72. The first kappa shape index (κ1) is 9.96. The molecule has 0 aliphatic carbocycles. The monoisotopic (exact) mass is 172 g/mol. The summed E-state index contributed by atoms with van der Waals surface area (Å²) in [7, 11) is 0. The van der Waals surface area contributed by atoms with Crippen LogP contribution in [0.25, 0.3) is 0 Å². The summed E-state index contributed by atoms with van der Waals surface area (Å²) in [6.45, 7) is 5.84. The van der Waals surface area contributed by atoms with Crippen molar-refractivity contribution in [1.82, 2.24) is 5.32 Å². The van der Waals surface area contributed by atoms with Gasteiger partial charge in [0.15, 0.2) is 0 Å². The van der Waals surface area contributed by atoms with Crippen molar-refractivity contribution in [3.63, 3.8) is 0 Å². The van der Waals surface area contributed by atoms with E-state index in [1.807, 2.05) is 0 Å². The van der Waals surface area contributed by atoms with Crippen LogP contribution < -0.4 is 11.1 Å². The Labute approximate surface area is 74.7 Å². The van der Waals surface area contributed by atoms with Crippen molar-refractivity contribution in [2.45, 2.75) is 31.8 Å². The van der Waals surface area contributed by atoms with Gasteiger partial charge in [0.25, 0.3) is 0 Å². The molecule has 1 atom stereocenters. The molecule has 1 heterocycles. The molecular formula is C9H20N2O. The SMILES string of the molecule is CC1(CNCCCN)CCCO1. The van der Waals surface area contributed by atoms with E-state index in [9.17, 15) is 0 Å². The van der Waals surface area contributed by atoms with Gasteiger partial charge in [-0.2, -0.15) is 0 Å². The molecule has 0 aromatic rings. The molecule has 0 spiro atoms. The maximum absolute atomic E-state index is 5.63. The largest absolute Gasteiger partial charge is 0.374 e. The van der Waals surface area contributed by atoms with E-state index in [2.05, 4.69) is 12.2 Å². The van der Waals surface area contributed by atoms with Gasteiger partial charge in [-0.25, -0.2) is 0 Å². The van der Waals surface area contributed by atoms with E-state index in [0.717, 1.165) is 32.7 Å². The minimum absolute atomic E-state index is 0.0919. The van der Waals surface area contributed by atoms with Crippen LogP contribution in [0.1, 0.15) is 26.2 Å². The van der Waals surface area contributed by atoms with Gasteiger partial charge in [-0.3, -0.25) is 0 Å². The van der Waals surface area contributed by atoms with Crippen molar-refractivity contribution in [2.24, 2.45) is 5.73 Å². The number of hydrogen-bond acceptors (Lipinski definition) is 3. The number of ether oxygens (including phenoxy) is 1. The highest BCUT2D eigenvalue weighted by molar-refractivity contribution is 4.82. The summed E-state index contributed by atoms with van der Waals surface area (Å²) < 4.78 is 5.63. The van der Waals surface area contributed by atoms with Gasteiger partial charge < -0.3 is 15.8 Å². The predicted molar refractivity (Wildman–Crippen MR) is 50.1 cm³/mol. The third-order valence-corrected chi connectivity index (χ3v) is 2.36. The summed E-state index contributed by atoms with van der Waals surface area (Å²) in [5.74, 6) is 0. The van der Waals surface area contributed by atoms with Crippen LogP contribution in [0.5, 0.6) is 0 Å². The zero-order valence-electron chi connectivity index (χ0n) is 7.94. The van der Waals surface area contributed by atoms with E-state index in [1.54, 1.807) is 0 Å². The van der Waals surface area contributed by atoms with Gasteiger partial charge in [0.05, 0.1) is 5.60 Å². The summed E-state index contributed by atoms with van der Waals surface area (Å²) in [6, 6.07) is 0. The Morgan fingerprint density at radius 3 is 3.00 bits per heavy atom. The first-order valence-electron chi connectivity index (χ1n) is 4.82. The number of rotatable bonds is 5. The average Bonchev–Trinajstić information content (AvgIpc) is 2.47. The smallest absolute Gasteiger partial charge is 0.0779 e. The van der Waals surface area contributed by atoms with Gasteiger partial charge in [0.1, 0.15) is 0 Å². The van der Waals surface area contributed by atoms with Gasteiger partial charge >= 0.3 is 0 Å². The highest BCUT2D eigenvalue weighted by Gasteiger charge is 2.28. The van der Waals surface area contributed by atoms with Crippen LogP contribution in [0, 0.1) is 0 Å². The Hall–Kier alpha value is -0.120. The van der Waals surface area contributed by atoms with Gasteiger partial charge in [0.2, 0.25) is 0 Å². The molecule has 0 aromatic heterocycles. The van der Waals surface area contributed by atoms with Crippen molar-refractivity contribution in [1.29, 1.82) is 0 Å². The molecule has 3 nitrogen and oxygen atoms in total. The van der Waals surface area contributed by atoms with E-state index >= 15 is 0 Å². The van der Waals surface area contributed by atoms with Gasteiger partial charge in [-0.1, -0.05) is 0 Å². The molecule has 12 heavy (non-hydrogen) atoms. The molecule has 3 N–H and O–H groups in total. The normalized spacial score (nSPS) is 29.5. The average molecular weight is 172 g/mol. The molecule has 0 amide bonds. The van der Waals surface area contributed by atoms with Gasteiger partial charge in [0, 0.05) is 13.2 Å². The summed E-state index contributed by atoms with van der Waals surface area (Å²) in [6.07, 6.45) is 3.44. The van der Waals surface area contributed by atoms with Crippen LogP contribution in [0.15, 0.2) is 0 Å². The maximum Gasteiger partial charge on any atom is 0.0779 e. The lowest BCUT2D eigenvalue weighted by atomic mass is 10.0. The van der Waals surface area contributed by atoms with E-state index in [0.29, 0.717) is 0 Å². The Morgan fingerprint density at radius 1 is 1.58 bits per heavy atom. The highest BCUT2D eigenvalue weighted by Crippen LogP contribution is 2.23. The Bertz CT molecular complexity index is 122. The lowest BCUT2D eigenvalue weighted by molar-refractivity contribution is 0.0210. The van der Waals surface area contributed by atoms with Gasteiger partial charge in [-0.15, -0.1) is 0 Å². The fourth-order valence-corrected chi connectivity index (χ4v) is 1.56. The third-order valence-electron chi connectivity index (χ3n) is 2.36. The molecule has 0 aromatic carbocycles. The number of nitrogens with one attached hydrogen (secondary N) is 1. The first-order valence-corrected chi connectivity index (χ1v) is 4.82. The zero-order chi connectivity index (χ0) is 8.86. The van der Waals surface area contributed by atoms with Crippen LogP contribution in [0.3, 0.4) is 0 Å². The summed E-state index contributed by atoms with van der Waals surface area (Å²) >= 11 is 0. The molecule has 3 heteroatoms. The van der Waals surface area contributed by atoms with E-state index in [-0.39, 0.29) is 5.60 Å². The fourth-order valence-electron chi connectivity index (χ4n) is 1.56. The lowest BCUT2D eigenvalue weighted by Crippen LogP contribution is -2.37. The fraction of sp³-hybridized carbons (Fsp3) is 1.00. The van der Waals surface area contributed by atoms with Crippen molar-refractivity contribution < 1.29 is 4.74 Å². The van der Waals surface area contributed by atoms with Crippen LogP contribution in [0.4, 0.5) is 0 Å². The Morgan fingerprint density at radius 2 is 2.42 bits per heavy atom. The van der Waals surface area contributed by atoms with E-state index in [4.69, 9.17) is 10.5 Å². The van der Waals surface area contributed by atoms with Crippen LogP contribution >= 0.6 is 0 Å². The molecular weight excluding hydrogens is 152 g/mol. The Kier molecular flexibility index (Phi) is 3.98. The van der Waals surface area contributed by atoms with Crippen molar-refractivity contribution in [3.05, 3.63) is 0 Å². The second kappa shape index (κ2) is 4.80. The molecule has 1 rings (SSSR count).